The lowest BCUT2D eigenvalue weighted by Gasteiger charge is -2.14. The second-order valence-corrected chi connectivity index (χ2v) is 9.86. The zero-order valence-electron chi connectivity index (χ0n) is 15.1. The van der Waals surface area contributed by atoms with Crippen LogP contribution >= 0.6 is 11.6 Å². The first-order valence-corrected chi connectivity index (χ1v) is 11.6. The second kappa shape index (κ2) is 7.94. The van der Waals surface area contributed by atoms with E-state index in [0.29, 0.717) is 10.6 Å². The van der Waals surface area contributed by atoms with Crippen LogP contribution in [0.4, 0.5) is 11.4 Å². The van der Waals surface area contributed by atoms with E-state index in [4.69, 9.17) is 11.6 Å². The van der Waals surface area contributed by atoms with Crippen molar-refractivity contribution in [1.29, 1.82) is 0 Å². The third-order valence-electron chi connectivity index (χ3n) is 4.07. The van der Waals surface area contributed by atoms with Crippen molar-refractivity contribution in [3.63, 3.8) is 0 Å². The standard InChI is InChI=1S/C19H17ClN2O5S2/c1-13-16(20)8-5-9-17(13)22-28(24,25)15-10-11-18(23)19(12-15)29(26,27)21-14-6-3-2-4-7-14/h2-12,21-23H,1H3. The van der Waals surface area contributed by atoms with Gasteiger partial charge in [-0.05, 0) is 55.0 Å². The molecule has 0 saturated heterocycles. The number of phenols is 1. The Morgan fingerprint density at radius 1 is 0.828 bits per heavy atom. The fraction of sp³-hybridized carbons (Fsp3) is 0.0526. The number of nitrogens with one attached hydrogen (secondary N) is 2. The van der Waals surface area contributed by atoms with Crippen molar-refractivity contribution >= 4 is 43.0 Å². The molecule has 0 aromatic heterocycles. The number of rotatable bonds is 6. The molecule has 0 unspecified atom stereocenters. The Bertz CT molecular complexity index is 1260. The molecule has 0 aliphatic carbocycles. The summed E-state index contributed by atoms with van der Waals surface area (Å²) in [4.78, 5) is -0.893. The lowest BCUT2D eigenvalue weighted by atomic mass is 10.2. The fourth-order valence-corrected chi connectivity index (χ4v) is 5.09. The van der Waals surface area contributed by atoms with E-state index in [1.165, 1.54) is 18.2 Å². The van der Waals surface area contributed by atoms with Crippen LogP contribution < -0.4 is 9.44 Å². The number of halogens is 1. The van der Waals surface area contributed by atoms with Gasteiger partial charge < -0.3 is 5.11 Å². The van der Waals surface area contributed by atoms with Crippen LogP contribution in [0.5, 0.6) is 5.75 Å². The summed E-state index contributed by atoms with van der Waals surface area (Å²) in [6.07, 6.45) is 0. The maximum Gasteiger partial charge on any atom is 0.265 e. The molecule has 3 aromatic rings. The van der Waals surface area contributed by atoms with Crippen LogP contribution in [0.15, 0.2) is 76.5 Å². The number of para-hydroxylation sites is 1. The van der Waals surface area contributed by atoms with Crippen LogP contribution in [0.2, 0.25) is 5.02 Å². The van der Waals surface area contributed by atoms with Gasteiger partial charge in [0.15, 0.2) is 0 Å². The topological polar surface area (TPSA) is 113 Å². The van der Waals surface area contributed by atoms with E-state index in [2.05, 4.69) is 9.44 Å². The third kappa shape index (κ3) is 4.64. The Hall–Kier alpha value is -2.75. The van der Waals surface area contributed by atoms with Crippen molar-refractivity contribution in [2.45, 2.75) is 16.7 Å². The predicted molar refractivity (Wildman–Crippen MR) is 112 cm³/mol. The van der Waals surface area contributed by atoms with Gasteiger partial charge in [-0.1, -0.05) is 35.9 Å². The minimum atomic E-state index is -4.23. The Kier molecular flexibility index (Phi) is 5.74. The highest BCUT2D eigenvalue weighted by Crippen LogP contribution is 2.30. The van der Waals surface area contributed by atoms with E-state index < -0.39 is 30.7 Å². The molecule has 0 bridgehead atoms. The molecule has 0 radical (unpaired) electrons. The van der Waals surface area contributed by atoms with Gasteiger partial charge in [-0.25, -0.2) is 16.8 Å². The Labute approximate surface area is 174 Å². The van der Waals surface area contributed by atoms with Crippen molar-refractivity contribution in [3.05, 3.63) is 77.3 Å². The molecule has 0 saturated carbocycles. The summed E-state index contributed by atoms with van der Waals surface area (Å²) >= 11 is 6.02. The molecule has 0 atom stereocenters. The van der Waals surface area contributed by atoms with Crippen molar-refractivity contribution < 1.29 is 21.9 Å². The molecule has 0 heterocycles. The average molecular weight is 453 g/mol. The molecule has 7 nitrogen and oxygen atoms in total. The van der Waals surface area contributed by atoms with Gasteiger partial charge in [0.2, 0.25) is 0 Å². The van der Waals surface area contributed by atoms with Crippen molar-refractivity contribution in [2.75, 3.05) is 9.44 Å². The lowest BCUT2D eigenvalue weighted by molar-refractivity contribution is 0.458. The SMILES string of the molecule is Cc1c(Cl)cccc1NS(=O)(=O)c1ccc(O)c(S(=O)(=O)Nc2ccccc2)c1. The van der Waals surface area contributed by atoms with Gasteiger partial charge in [-0.15, -0.1) is 0 Å². The van der Waals surface area contributed by atoms with Crippen LogP contribution in [-0.4, -0.2) is 21.9 Å². The largest absolute Gasteiger partial charge is 0.507 e. The first-order valence-electron chi connectivity index (χ1n) is 8.29. The van der Waals surface area contributed by atoms with Crippen molar-refractivity contribution in [3.8, 4) is 5.75 Å². The third-order valence-corrected chi connectivity index (χ3v) is 7.25. The molecular formula is C19H17ClN2O5S2. The smallest absolute Gasteiger partial charge is 0.265 e. The van der Waals surface area contributed by atoms with Crippen molar-refractivity contribution in [2.24, 2.45) is 0 Å². The maximum absolute atomic E-state index is 12.8. The van der Waals surface area contributed by atoms with Crippen LogP contribution in [0.1, 0.15) is 5.56 Å². The summed E-state index contributed by atoms with van der Waals surface area (Å²) in [7, 11) is -8.36. The van der Waals surface area contributed by atoms with Gasteiger partial charge >= 0.3 is 0 Å². The number of benzene rings is 3. The number of aromatic hydroxyl groups is 1. The summed E-state index contributed by atoms with van der Waals surface area (Å²) in [5.41, 5.74) is 1.06. The highest BCUT2D eigenvalue weighted by atomic mass is 35.5. The van der Waals surface area contributed by atoms with Crippen LogP contribution in [0.25, 0.3) is 0 Å². The van der Waals surface area contributed by atoms with Gasteiger partial charge in [0, 0.05) is 10.7 Å². The first kappa shape index (κ1) is 21.0. The van der Waals surface area contributed by atoms with Crippen LogP contribution in [0.3, 0.4) is 0 Å². The zero-order valence-corrected chi connectivity index (χ0v) is 17.5. The highest BCUT2D eigenvalue weighted by molar-refractivity contribution is 7.93. The minimum absolute atomic E-state index is 0.261. The van der Waals surface area contributed by atoms with E-state index in [0.717, 1.165) is 18.2 Å². The number of sulfonamides is 2. The lowest BCUT2D eigenvalue weighted by Crippen LogP contribution is -2.17. The number of hydrogen-bond acceptors (Lipinski definition) is 5. The minimum Gasteiger partial charge on any atom is -0.507 e. The summed E-state index contributed by atoms with van der Waals surface area (Å²) in [5.74, 6) is -0.577. The number of anilines is 2. The first-order chi connectivity index (χ1) is 13.6. The number of hydrogen-bond donors (Lipinski definition) is 3. The molecule has 0 fully saturated rings. The van der Waals surface area contributed by atoms with E-state index in [-0.39, 0.29) is 16.3 Å². The van der Waals surface area contributed by atoms with Gasteiger partial charge in [0.1, 0.15) is 10.6 Å². The molecule has 3 aromatic carbocycles. The average Bonchev–Trinajstić information content (AvgIpc) is 2.66. The zero-order chi connectivity index (χ0) is 21.2. The van der Waals surface area contributed by atoms with Gasteiger partial charge in [0.25, 0.3) is 20.0 Å². The molecule has 0 spiro atoms. The maximum atomic E-state index is 12.8. The van der Waals surface area contributed by atoms with E-state index >= 15 is 0 Å². The summed E-state index contributed by atoms with van der Waals surface area (Å²) in [6.45, 7) is 1.65. The summed E-state index contributed by atoms with van der Waals surface area (Å²) in [6, 6.07) is 15.8. The molecule has 152 valence electrons. The normalized spacial score (nSPS) is 11.8. The molecule has 29 heavy (non-hydrogen) atoms. The molecule has 0 aliphatic heterocycles. The van der Waals surface area contributed by atoms with E-state index in [9.17, 15) is 21.9 Å². The fourth-order valence-electron chi connectivity index (χ4n) is 2.51. The van der Waals surface area contributed by atoms with Crippen LogP contribution in [-0.2, 0) is 20.0 Å². The summed E-state index contributed by atoms with van der Waals surface area (Å²) < 4.78 is 55.5. The molecule has 10 heteroatoms. The predicted octanol–water partition coefficient (Wildman–Crippen LogP) is 3.96. The molecular weight excluding hydrogens is 436 g/mol. The molecule has 3 N–H and O–H groups in total. The van der Waals surface area contributed by atoms with Gasteiger partial charge in [-0.2, -0.15) is 0 Å². The Morgan fingerprint density at radius 3 is 2.21 bits per heavy atom. The van der Waals surface area contributed by atoms with Crippen molar-refractivity contribution in [1.82, 2.24) is 0 Å². The molecule has 0 aliphatic rings. The van der Waals surface area contributed by atoms with E-state index in [1.54, 1.807) is 37.3 Å². The highest BCUT2D eigenvalue weighted by Gasteiger charge is 2.24. The van der Waals surface area contributed by atoms with Gasteiger partial charge in [0.05, 0.1) is 10.6 Å². The summed E-state index contributed by atoms with van der Waals surface area (Å²) in [5, 5.41) is 10.4. The van der Waals surface area contributed by atoms with Crippen LogP contribution in [0, 0.1) is 6.92 Å². The quantitative estimate of drug-likeness (QED) is 0.524. The second-order valence-electron chi connectivity index (χ2n) is 6.12. The Morgan fingerprint density at radius 2 is 1.52 bits per heavy atom. The molecule has 3 rings (SSSR count). The molecule has 0 amide bonds. The number of phenolic OH excluding ortho intramolecular Hbond substituents is 1. The van der Waals surface area contributed by atoms with E-state index in [1.807, 2.05) is 0 Å². The van der Waals surface area contributed by atoms with Gasteiger partial charge in [-0.3, -0.25) is 9.44 Å². The monoisotopic (exact) mass is 452 g/mol. The Balaban J connectivity index is 1.99.